The minimum atomic E-state index is -1.05. The van der Waals surface area contributed by atoms with Crippen LogP contribution < -0.4 is 15.8 Å². The van der Waals surface area contributed by atoms with Gasteiger partial charge in [0.1, 0.15) is 5.75 Å². The second-order valence-corrected chi connectivity index (χ2v) is 5.16. The molecular formula is C18H18N2O4. The molecule has 0 spiro atoms. The molecule has 0 bridgehead atoms. The van der Waals surface area contributed by atoms with Crippen LogP contribution in [0, 0.1) is 6.92 Å². The van der Waals surface area contributed by atoms with Crippen molar-refractivity contribution < 1.29 is 19.4 Å². The van der Waals surface area contributed by atoms with Gasteiger partial charge in [-0.1, -0.05) is 12.1 Å². The Bertz CT molecular complexity index is 813. The second-order valence-electron chi connectivity index (χ2n) is 5.16. The van der Waals surface area contributed by atoms with Crippen LogP contribution in [-0.4, -0.2) is 24.1 Å². The summed E-state index contributed by atoms with van der Waals surface area (Å²) >= 11 is 0. The number of anilines is 2. The van der Waals surface area contributed by atoms with E-state index in [1.165, 1.54) is 25.3 Å². The lowest BCUT2D eigenvalue weighted by atomic mass is 10.1. The number of hydrogen-bond donors (Lipinski definition) is 3. The van der Waals surface area contributed by atoms with E-state index in [4.69, 9.17) is 15.6 Å². The van der Waals surface area contributed by atoms with E-state index in [0.29, 0.717) is 17.1 Å². The quantitative estimate of drug-likeness (QED) is 0.579. The highest BCUT2D eigenvalue weighted by atomic mass is 16.5. The van der Waals surface area contributed by atoms with Gasteiger partial charge in [-0.3, -0.25) is 4.79 Å². The van der Waals surface area contributed by atoms with Gasteiger partial charge in [-0.15, -0.1) is 0 Å². The summed E-state index contributed by atoms with van der Waals surface area (Å²) in [6.45, 7) is 1.79. The summed E-state index contributed by atoms with van der Waals surface area (Å²) < 4.78 is 5.07. The Morgan fingerprint density at radius 1 is 1.21 bits per heavy atom. The first kappa shape index (κ1) is 17.1. The highest BCUT2D eigenvalue weighted by Gasteiger charge is 2.07. The summed E-state index contributed by atoms with van der Waals surface area (Å²) in [4.78, 5) is 23.0. The summed E-state index contributed by atoms with van der Waals surface area (Å²) in [5.74, 6) is -0.845. The highest BCUT2D eigenvalue weighted by molar-refractivity contribution is 6.03. The van der Waals surface area contributed by atoms with Gasteiger partial charge in [-0.25, -0.2) is 4.79 Å². The number of nitrogen functional groups attached to an aromatic ring is 1. The van der Waals surface area contributed by atoms with Crippen molar-refractivity contribution in [3.05, 3.63) is 59.2 Å². The first-order valence-electron chi connectivity index (χ1n) is 7.17. The maximum atomic E-state index is 12.0. The van der Waals surface area contributed by atoms with Crippen LogP contribution in [0.25, 0.3) is 6.08 Å². The third kappa shape index (κ3) is 4.13. The maximum absolute atomic E-state index is 12.0. The largest absolute Gasteiger partial charge is 0.495 e. The molecule has 0 unspecified atom stereocenters. The zero-order chi connectivity index (χ0) is 17.7. The molecule has 2 rings (SSSR count). The predicted octanol–water partition coefficient (Wildman–Crippen LogP) is 2.94. The molecule has 24 heavy (non-hydrogen) atoms. The van der Waals surface area contributed by atoms with Crippen LogP contribution in [-0.2, 0) is 4.79 Å². The number of nitrogens with one attached hydrogen (secondary N) is 1. The lowest BCUT2D eigenvalue weighted by molar-refractivity contribution is -0.111. The van der Waals surface area contributed by atoms with Gasteiger partial charge in [0.05, 0.1) is 18.4 Å². The van der Waals surface area contributed by atoms with E-state index >= 15 is 0 Å². The van der Waals surface area contributed by atoms with Gasteiger partial charge in [0.25, 0.3) is 0 Å². The zero-order valence-electron chi connectivity index (χ0n) is 13.4. The molecule has 6 nitrogen and oxygen atoms in total. The average Bonchev–Trinajstić information content (AvgIpc) is 2.55. The van der Waals surface area contributed by atoms with Gasteiger partial charge >= 0.3 is 5.97 Å². The van der Waals surface area contributed by atoms with Crippen LogP contribution in [0.1, 0.15) is 21.5 Å². The molecule has 1 amide bonds. The molecule has 0 radical (unpaired) electrons. The third-order valence-corrected chi connectivity index (χ3v) is 3.42. The van der Waals surface area contributed by atoms with Crippen molar-refractivity contribution in [2.45, 2.75) is 6.92 Å². The fourth-order valence-electron chi connectivity index (χ4n) is 2.09. The van der Waals surface area contributed by atoms with Crippen LogP contribution in [0.5, 0.6) is 5.75 Å². The van der Waals surface area contributed by atoms with Crippen molar-refractivity contribution in [3.63, 3.8) is 0 Å². The number of aromatic carboxylic acids is 1. The van der Waals surface area contributed by atoms with E-state index in [0.717, 1.165) is 11.1 Å². The number of nitrogens with two attached hydrogens (primary N) is 1. The van der Waals surface area contributed by atoms with Crippen LogP contribution in [0.15, 0.2) is 42.5 Å². The number of methoxy groups -OCH3 is 1. The van der Waals surface area contributed by atoms with Gasteiger partial charge in [0.15, 0.2) is 0 Å². The molecule has 0 aliphatic rings. The third-order valence-electron chi connectivity index (χ3n) is 3.42. The van der Waals surface area contributed by atoms with Gasteiger partial charge in [0, 0.05) is 11.8 Å². The number of carboxylic acid groups (broad SMARTS) is 1. The standard InChI is InChI=1S/C18H18N2O4/c1-11-3-6-13(18(22)23)10-15(11)20-17(21)8-5-12-4-7-16(24-2)14(19)9-12/h3-10H,19H2,1-2H3,(H,20,21)(H,22,23)/b8-5-. The number of carboxylic acids is 1. The molecule has 0 saturated carbocycles. The monoisotopic (exact) mass is 326 g/mol. The van der Waals surface area contributed by atoms with Crippen molar-refractivity contribution in [3.8, 4) is 5.75 Å². The average molecular weight is 326 g/mol. The minimum absolute atomic E-state index is 0.114. The van der Waals surface area contributed by atoms with Gasteiger partial charge in [-0.05, 0) is 48.4 Å². The molecule has 0 atom stereocenters. The van der Waals surface area contributed by atoms with Crippen LogP contribution >= 0.6 is 0 Å². The highest BCUT2D eigenvalue weighted by Crippen LogP contribution is 2.22. The molecule has 0 heterocycles. The predicted molar refractivity (Wildman–Crippen MR) is 93.2 cm³/mol. The lowest BCUT2D eigenvalue weighted by Crippen LogP contribution is -2.10. The smallest absolute Gasteiger partial charge is 0.335 e. The van der Waals surface area contributed by atoms with Crippen molar-refractivity contribution in [2.24, 2.45) is 0 Å². The number of aryl methyl sites for hydroxylation is 1. The molecule has 0 aliphatic carbocycles. The Kier molecular flexibility index (Phi) is 5.21. The molecule has 4 N–H and O–H groups in total. The molecule has 0 saturated heterocycles. The Balaban J connectivity index is 2.12. The van der Waals surface area contributed by atoms with Crippen LogP contribution in [0.2, 0.25) is 0 Å². The summed E-state index contributed by atoms with van der Waals surface area (Å²) in [6.07, 6.45) is 2.97. The minimum Gasteiger partial charge on any atom is -0.495 e. The molecule has 0 aromatic heterocycles. The van der Waals surface area contributed by atoms with E-state index in [2.05, 4.69) is 5.32 Å². The lowest BCUT2D eigenvalue weighted by Gasteiger charge is -2.07. The fraction of sp³-hybridized carbons (Fsp3) is 0.111. The molecular weight excluding hydrogens is 308 g/mol. The van der Waals surface area contributed by atoms with Crippen LogP contribution in [0.3, 0.4) is 0 Å². The summed E-state index contributed by atoms with van der Waals surface area (Å²) in [5, 5.41) is 11.7. The summed E-state index contributed by atoms with van der Waals surface area (Å²) in [6, 6.07) is 9.74. The summed E-state index contributed by atoms with van der Waals surface area (Å²) in [5.41, 5.74) is 8.38. The number of ether oxygens (including phenoxy) is 1. The van der Waals surface area contributed by atoms with Crippen molar-refractivity contribution in [1.29, 1.82) is 0 Å². The van der Waals surface area contributed by atoms with Crippen molar-refractivity contribution in [1.82, 2.24) is 0 Å². The van der Waals surface area contributed by atoms with Gasteiger partial charge in [0.2, 0.25) is 5.91 Å². The zero-order valence-corrected chi connectivity index (χ0v) is 13.4. The second kappa shape index (κ2) is 7.32. The van der Waals surface area contributed by atoms with Gasteiger partial charge < -0.3 is 20.9 Å². The Labute approximate surface area is 139 Å². The number of amides is 1. The van der Waals surface area contributed by atoms with Gasteiger partial charge in [-0.2, -0.15) is 0 Å². The number of carbonyl (C=O) groups is 2. The SMILES string of the molecule is COc1ccc(/C=C\C(=O)Nc2cc(C(=O)O)ccc2C)cc1N. The van der Waals surface area contributed by atoms with E-state index in [1.807, 2.05) is 0 Å². The molecule has 124 valence electrons. The topological polar surface area (TPSA) is 102 Å². The number of benzene rings is 2. The molecule has 2 aromatic rings. The molecule has 6 heteroatoms. The summed E-state index contributed by atoms with van der Waals surface area (Å²) in [7, 11) is 1.53. The van der Waals surface area contributed by atoms with Crippen molar-refractivity contribution >= 4 is 29.3 Å². The van der Waals surface area contributed by atoms with Crippen LogP contribution in [0.4, 0.5) is 11.4 Å². The van der Waals surface area contributed by atoms with E-state index in [9.17, 15) is 9.59 Å². The Morgan fingerprint density at radius 2 is 1.96 bits per heavy atom. The fourth-order valence-corrected chi connectivity index (χ4v) is 2.09. The van der Waals surface area contributed by atoms with E-state index in [1.54, 1.807) is 37.3 Å². The van der Waals surface area contributed by atoms with E-state index < -0.39 is 5.97 Å². The Morgan fingerprint density at radius 3 is 2.58 bits per heavy atom. The Hall–Kier alpha value is -3.28. The molecule has 0 aliphatic heterocycles. The number of hydrogen-bond acceptors (Lipinski definition) is 4. The normalized spacial score (nSPS) is 10.6. The van der Waals surface area contributed by atoms with Crippen molar-refractivity contribution in [2.75, 3.05) is 18.2 Å². The van der Waals surface area contributed by atoms with E-state index in [-0.39, 0.29) is 11.5 Å². The molecule has 2 aromatic carbocycles. The number of carbonyl (C=O) groups excluding carboxylic acids is 1. The number of rotatable bonds is 5. The maximum Gasteiger partial charge on any atom is 0.335 e. The first-order chi connectivity index (χ1) is 11.4. The first-order valence-corrected chi connectivity index (χ1v) is 7.17. The molecule has 0 fully saturated rings.